The Morgan fingerprint density at radius 1 is 1.03 bits per heavy atom. The van der Waals surface area contributed by atoms with Crippen LogP contribution in [0.25, 0.3) is 0 Å². The standard InChI is InChI=1S/C20H24N4O5.C2HF3O2/c25-17-5-4-16(19(28)21-17)24-11-15-13(2-1-3-14(15)20(24)29)10-22-6-8-23(9-7-22)12-18(26)27;3-2(4,5)1(6)7/h1-3,16H,4-12H2,(H,26,27)(H,21,25,28);(H,6,7). The second-order valence-corrected chi connectivity index (χ2v) is 8.59. The number of alkyl halides is 3. The van der Waals surface area contributed by atoms with Gasteiger partial charge in [-0.15, -0.1) is 0 Å². The minimum Gasteiger partial charge on any atom is -0.480 e. The first kappa shape index (κ1) is 27.1. The molecule has 0 radical (unpaired) electrons. The van der Waals surface area contributed by atoms with Gasteiger partial charge in [0.2, 0.25) is 11.8 Å². The molecule has 0 aromatic heterocycles. The number of hydrogen-bond donors (Lipinski definition) is 3. The number of amides is 3. The number of piperidine rings is 1. The monoisotopic (exact) mass is 514 g/mol. The molecular formula is C22H25F3N4O7. The number of benzene rings is 1. The van der Waals surface area contributed by atoms with Crippen LogP contribution < -0.4 is 5.32 Å². The van der Waals surface area contributed by atoms with Gasteiger partial charge in [-0.25, -0.2) is 4.79 Å². The van der Waals surface area contributed by atoms with Gasteiger partial charge in [-0.2, -0.15) is 13.2 Å². The third kappa shape index (κ3) is 6.57. The highest BCUT2D eigenvalue weighted by Gasteiger charge is 2.40. The first-order valence-electron chi connectivity index (χ1n) is 11.1. The van der Waals surface area contributed by atoms with Crippen molar-refractivity contribution in [2.75, 3.05) is 32.7 Å². The first-order valence-corrected chi connectivity index (χ1v) is 11.1. The molecule has 3 aliphatic rings. The van der Waals surface area contributed by atoms with Gasteiger partial charge in [-0.1, -0.05) is 12.1 Å². The minimum atomic E-state index is -5.08. The van der Waals surface area contributed by atoms with Crippen molar-refractivity contribution in [3.8, 4) is 0 Å². The Morgan fingerprint density at radius 3 is 2.19 bits per heavy atom. The second kappa shape index (κ2) is 11.0. The molecule has 3 aliphatic heterocycles. The van der Waals surface area contributed by atoms with Crippen molar-refractivity contribution in [1.29, 1.82) is 0 Å². The first-order chi connectivity index (χ1) is 16.9. The number of aliphatic carboxylic acids is 2. The van der Waals surface area contributed by atoms with Crippen molar-refractivity contribution < 1.29 is 47.4 Å². The smallest absolute Gasteiger partial charge is 0.480 e. The van der Waals surface area contributed by atoms with Crippen molar-refractivity contribution in [2.45, 2.75) is 38.1 Å². The van der Waals surface area contributed by atoms with Crippen molar-refractivity contribution in [1.82, 2.24) is 20.0 Å². The lowest BCUT2D eigenvalue weighted by Gasteiger charge is -2.34. The fourth-order valence-corrected chi connectivity index (χ4v) is 4.34. The van der Waals surface area contributed by atoms with E-state index in [0.29, 0.717) is 38.2 Å². The molecule has 2 fully saturated rings. The number of imide groups is 1. The summed E-state index contributed by atoms with van der Waals surface area (Å²) in [5.74, 6) is -4.43. The van der Waals surface area contributed by atoms with Gasteiger partial charge < -0.3 is 15.1 Å². The van der Waals surface area contributed by atoms with Crippen molar-refractivity contribution in [3.05, 3.63) is 34.9 Å². The number of piperazine rings is 1. The number of rotatable bonds is 5. The number of fused-ring (bicyclic) bond motifs is 1. The van der Waals surface area contributed by atoms with Crippen LogP contribution in [0, 0.1) is 0 Å². The van der Waals surface area contributed by atoms with Crippen LogP contribution >= 0.6 is 0 Å². The van der Waals surface area contributed by atoms with Crippen molar-refractivity contribution >= 4 is 29.7 Å². The molecular weight excluding hydrogens is 489 g/mol. The Morgan fingerprint density at radius 2 is 1.64 bits per heavy atom. The summed E-state index contributed by atoms with van der Waals surface area (Å²) >= 11 is 0. The number of nitrogens with one attached hydrogen (secondary N) is 1. The molecule has 1 aromatic carbocycles. The van der Waals surface area contributed by atoms with Crippen LogP contribution in [0.3, 0.4) is 0 Å². The maximum Gasteiger partial charge on any atom is 0.490 e. The average Bonchev–Trinajstić information content (AvgIpc) is 3.12. The molecule has 3 heterocycles. The fraction of sp³-hybridized carbons (Fsp3) is 0.500. The van der Waals surface area contributed by atoms with E-state index in [0.717, 1.165) is 24.2 Å². The van der Waals surface area contributed by atoms with E-state index in [4.69, 9.17) is 15.0 Å². The molecule has 1 unspecified atom stereocenters. The maximum atomic E-state index is 12.9. The van der Waals surface area contributed by atoms with Crippen LogP contribution in [0.4, 0.5) is 13.2 Å². The summed E-state index contributed by atoms with van der Waals surface area (Å²) in [6.07, 6.45) is -4.49. The van der Waals surface area contributed by atoms with E-state index in [1.807, 2.05) is 17.0 Å². The lowest BCUT2D eigenvalue weighted by molar-refractivity contribution is -0.192. The highest BCUT2D eigenvalue weighted by molar-refractivity contribution is 6.05. The molecule has 11 nitrogen and oxygen atoms in total. The lowest BCUT2D eigenvalue weighted by Crippen LogP contribution is -2.52. The summed E-state index contributed by atoms with van der Waals surface area (Å²) in [5, 5.41) is 18.4. The number of hydrogen-bond acceptors (Lipinski definition) is 7. The molecule has 3 N–H and O–H groups in total. The topological polar surface area (TPSA) is 148 Å². The normalized spacial score (nSPS) is 20.9. The quantitative estimate of drug-likeness (QED) is 0.472. The van der Waals surface area contributed by atoms with E-state index in [1.54, 1.807) is 11.0 Å². The van der Waals surface area contributed by atoms with Gasteiger partial charge in [0.1, 0.15) is 6.04 Å². The average molecular weight is 514 g/mol. The van der Waals surface area contributed by atoms with Gasteiger partial charge in [-0.3, -0.25) is 34.3 Å². The van der Waals surface area contributed by atoms with E-state index < -0.39 is 30.1 Å². The van der Waals surface area contributed by atoms with Crippen LogP contribution in [0.1, 0.15) is 34.3 Å². The fourth-order valence-electron chi connectivity index (χ4n) is 4.34. The minimum absolute atomic E-state index is 0.0595. The molecule has 4 rings (SSSR count). The Hall–Kier alpha value is -3.52. The summed E-state index contributed by atoms with van der Waals surface area (Å²) in [6, 6.07) is 5.04. The number of halogens is 3. The Labute approximate surface area is 203 Å². The van der Waals surface area contributed by atoms with Crippen molar-refractivity contribution in [3.63, 3.8) is 0 Å². The van der Waals surface area contributed by atoms with E-state index in [1.165, 1.54) is 0 Å². The SMILES string of the molecule is O=C(O)C(F)(F)F.O=C(O)CN1CCN(Cc2cccc3c2CN(C2CCC(=O)NC2=O)C3=O)CC1. The van der Waals surface area contributed by atoms with E-state index in [-0.39, 0.29) is 24.8 Å². The van der Waals surface area contributed by atoms with Crippen molar-refractivity contribution in [2.24, 2.45) is 0 Å². The summed E-state index contributed by atoms with van der Waals surface area (Å²) in [5.41, 5.74) is 2.62. The Bertz CT molecular complexity index is 1050. The predicted molar refractivity (Wildman–Crippen MR) is 116 cm³/mol. The molecule has 0 aliphatic carbocycles. The number of carboxylic acids is 2. The molecule has 1 atom stereocenters. The number of nitrogens with zero attached hydrogens (tertiary/aromatic N) is 3. The van der Waals surface area contributed by atoms with Crippen LogP contribution in [-0.4, -0.2) is 99.5 Å². The summed E-state index contributed by atoms with van der Waals surface area (Å²) in [7, 11) is 0. The molecule has 36 heavy (non-hydrogen) atoms. The zero-order valence-corrected chi connectivity index (χ0v) is 19.1. The maximum absolute atomic E-state index is 12.9. The molecule has 1 aromatic rings. The molecule has 0 saturated carbocycles. The van der Waals surface area contributed by atoms with Gasteiger partial charge in [0.15, 0.2) is 0 Å². The third-order valence-corrected chi connectivity index (χ3v) is 6.14. The zero-order chi connectivity index (χ0) is 26.6. The molecule has 2 saturated heterocycles. The second-order valence-electron chi connectivity index (χ2n) is 8.59. The van der Waals surface area contributed by atoms with E-state index in [2.05, 4.69) is 10.2 Å². The van der Waals surface area contributed by atoms with Gasteiger partial charge in [-0.05, 0) is 23.6 Å². The molecule has 0 spiro atoms. The predicted octanol–water partition coefficient (Wildman–Crippen LogP) is 0.283. The number of carbonyl (C=O) groups excluding carboxylic acids is 3. The van der Waals surface area contributed by atoms with E-state index >= 15 is 0 Å². The van der Waals surface area contributed by atoms with Gasteiger partial charge >= 0.3 is 18.1 Å². The van der Waals surface area contributed by atoms with Gasteiger partial charge in [0.05, 0.1) is 6.54 Å². The van der Waals surface area contributed by atoms with Crippen LogP contribution in [0.5, 0.6) is 0 Å². The van der Waals surface area contributed by atoms with Crippen LogP contribution in [0.2, 0.25) is 0 Å². The molecule has 0 bridgehead atoms. The van der Waals surface area contributed by atoms with Gasteiger partial charge in [0, 0.05) is 51.3 Å². The Balaban J connectivity index is 0.000000454. The van der Waals surface area contributed by atoms with Crippen LogP contribution in [0.15, 0.2) is 18.2 Å². The zero-order valence-electron chi connectivity index (χ0n) is 19.1. The highest BCUT2D eigenvalue weighted by atomic mass is 19.4. The molecule has 14 heteroatoms. The van der Waals surface area contributed by atoms with Crippen LogP contribution in [-0.2, 0) is 32.3 Å². The lowest BCUT2D eigenvalue weighted by atomic mass is 10.0. The molecule has 3 amide bonds. The summed E-state index contributed by atoms with van der Waals surface area (Å²) in [4.78, 5) is 62.0. The third-order valence-electron chi connectivity index (χ3n) is 6.14. The highest BCUT2D eigenvalue weighted by Crippen LogP contribution is 2.30. The van der Waals surface area contributed by atoms with Gasteiger partial charge in [0.25, 0.3) is 5.91 Å². The Kier molecular flexibility index (Phi) is 8.30. The largest absolute Gasteiger partial charge is 0.490 e. The van der Waals surface area contributed by atoms with E-state index in [9.17, 15) is 32.3 Å². The number of carboxylic acid groups (broad SMARTS) is 2. The summed E-state index contributed by atoms with van der Waals surface area (Å²) in [6.45, 7) is 4.04. The molecule has 196 valence electrons. The number of carbonyl (C=O) groups is 5. The summed E-state index contributed by atoms with van der Waals surface area (Å²) < 4.78 is 31.7.